The summed E-state index contributed by atoms with van der Waals surface area (Å²) < 4.78 is 9.81. The standard InChI is InChI=1S/C18H17N3O4S/c1-24-13-7-8-14-15(9-13)21-18(20-14)26-10-16(22)19-12-5-3-11(4-6-12)17(23)25-2/h3-9H,10H2,1-2H3,(H,19,22)(H,20,21). The molecule has 3 aromatic rings. The van der Waals surface area contributed by atoms with Gasteiger partial charge in [-0.2, -0.15) is 0 Å². The zero-order valence-corrected chi connectivity index (χ0v) is 15.1. The summed E-state index contributed by atoms with van der Waals surface area (Å²) in [7, 11) is 2.93. The number of aromatic amines is 1. The SMILES string of the molecule is COC(=O)c1ccc(NC(=O)CSc2nc3cc(OC)ccc3[nH]2)cc1. The first-order chi connectivity index (χ1) is 12.6. The molecular weight excluding hydrogens is 354 g/mol. The molecule has 0 aliphatic rings. The number of amides is 1. The molecule has 1 amide bonds. The lowest BCUT2D eigenvalue weighted by Gasteiger charge is -2.05. The number of H-pyrrole nitrogens is 1. The average molecular weight is 371 g/mol. The zero-order valence-electron chi connectivity index (χ0n) is 14.2. The van der Waals surface area contributed by atoms with Crippen molar-refractivity contribution in [1.82, 2.24) is 9.97 Å². The van der Waals surface area contributed by atoms with Crippen molar-refractivity contribution in [1.29, 1.82) is 0 Å². The van der Waals surface area contributed by atoms with Crippen LogP contribution in [-0.4, -0.2) is 41.8 Å². The molecule has 0 aliphatic heterocycles. The van der Waals surface area contributed by atoms with Gasteiger partial charge < -0.3 is 19.8 Å². The summed E-state index contributed by atoms with van der Waals surface area (Å²) in [6, 6.07) is 12.1. The topological polar surface area (TPSA) is 93.3 Å². The van der Waals surface area contributed by atoms with Crippen LogP contribution in [0.25, 0.3) is 11.0 Å². The Labute approximate surface area is 154 Å². The molecule has 0 aliphatic carbocycles. The Balaban J connectivity index is 1.57. The first-order valence-electron chi connectivity index (χ1n) is 7.74. The second-order valence-electron chi connectivity index (χ2n) is 5.33. The Morgan fingerprint density at radius 1 is 1.15 bits per heavy atom. The van der Waals surface area contributed by atoms with Crippen LogP contribution < -0.4 is 10.1 Å². The van der Waals surface area contributed by atoms with E-state index in [1.807, 2.05) is 18.2 Å². The predicted molar refractivity (Wildman–Crippen MR) is 99.8 cm³/mol. The van der Waals surface area contributed by atoms with E-state index in [4.69, 9.17) is 4.74 Å². The van der Waals surface area contributed by atoms with Gasteiger partial charge in [0, 0.05) is 11.8 Å². The molecule has 0 spiro atoms. The van der Waals surface area contributed by atoms with E-state index in [-0.39, 0.29) is 11.7 Å². The predicted octanol–water partition coefficient (Wildman–Crippen LogP) is 3.09. The summed E-state index contributed by atoms with van der Waals surface area (Å²) in [5.41, 5.74) is 2.70. The summed E-state index contributed by atoms with van der Waals surface area (Å²) in [5, 5.41) is 3.43. The molecule has 26 heavy (non-hydrogen) atoms. The smallest absolute Gasteiger partial charge is 0.337 e. The molecular formula is C18H17N3O4S. The number of esters is 1. The molecule has 2 aromatic carbocycles. The van der Waals surface area contributed by atoms with Crippen molar-refractivity contribution in [3.05, 3.63) is 48.0 Å². The molecule has 0 fully saturated rings. The van der Waals surface area contributed by atoms with Crippen molar-refractivity contribution in [2.45, 2.75) is 5.16 Å². The molecule has 7 nitrogen and oxygen atoms in total. The minimum absolute atomic E-state index is 0.168. The Bertz CT molecular complexity index is 937. The Kier molecular flexibility index (Phi) is 5.43. The lowest BCUT2D eigenvalue weighted by Crippen LogP contribution is -2.14. The highest BCUT2D eigenvalue weighted by Crippen LogP contribution is 2.23. The van der Waals surface area contributed by atoms with Gasteiger partial charge in [0.2, 0.25) is 5.91 Å². The normalized spacial score (nSPS) is 10.5. The Hall–Kier alpha value is -3.00. The number of methoxy groups -OCH3 is 2. The monoisotopic (exact) mass is 371 g/mol. The average Bonchev–Trinajstić information content (AvgIpc) is 3.08. The molecule has 0 unspecified atom stereocenters. The zero-order chi connectivity index (χ0) is 18.5. The first kappa shape index (κ1) is 17.8. The molecule has 1 heterocycles. The highest BCUT2D eigenvalue weighted by atomic mass is 32.2. The summed E-state index contributed by atoms with van der Waals surface area (Å²) in [6.45, 7) is 0. The Morgan fingerprint density at radius 3 is 2.62 bits per heavy atom. The largest absolute Gasteiger partial charge is 0.497 e. The van der Waals surface area contributed by atoms with Gasteiger partial charge in [-0.3, -0.25) is 4.79 Å². The number of hydrogen-bond acceptors (Lipinski definition) is 6. The van der Waals surface area contributed by atoms with Crippen LogP contribution in [0.15, 0.2) is 47.6 Å². The van der Waals surface area contributed by atoms with Crippen LogP contribution in [0, 0.1) is 0 Å². The number of nitrogens with zero attached hydrogens (tertiary/aromatic N) is 1. The molecule has 134 valence electrons. The minimum Gasteiger partial charge on any atom is -0.497 e. The number of nitrogens with one attached hydrogen (secondary N) is 2. The number of imidazole rings is 1. The van der Waals surface area contributed by atoms with Gasteiger partial charge in [-0.15, -0.1) is 0 Å². The fourth-order valence-corrected chi connectivity index (χ4v) is 2.98. The third kappa shape index (κ3) is 4.15. The molecule has 8 heteroatoms. The van der Waals surface area contributed by atoms with Crippen LogP contribution in [0.4, 0.5) is 5.69 Å². The number of benzene rings is 2. The summed E-state index contributed by atoms with van der Waals surface area (Å²) in [6.07, 6.45) is 0. The van der Waals surface area contributed by atoms with Gasteiger partial charge in [0.05, 0.1) is 36.6 Å². The molecule has 3 rings (SSSR count). The number of fused-ring (bicyclic) bond motifs is 1. The van der Waals surface area contributed by atoms with Gasteiger partial charge in [-0.25, -0.2) is 9.78 Å². The summed E-state index contributed by atoms with van der Waals surface area (Å²) in [4.78, 5) is 31.1. The second kappa shape index (κ2) is 7.92. The molecule has 2 N–H and O–H groups in total. The molecule has 0 saturated heterocycles. The Morgan fingerprint density at radius 2 is 1.92 bits per heavy atom. The molecule has 0 atom stereocenters. The van der Waals surface area contributed by atoms with Crippen molar-refractivity contribution < 1.29 is 19.1 Å². The van der Waals surface area contributed by atoms with Crippen molar-refractivity contribution in [2.75, 3.05) is 25.3 Å². The molecule has 1 aromatic heterocycles. The van der Waals surface area contributed by atoms with Crippen molar-refractivity contribution in [3.8, 4) is 5.75 Å². The van der Waals surface area contributed by atoms with E-state index >= 15 is 0 Å². The lowest BCUT2D eigenvalue weighted by molar-refractivity contribution is -0.113. The van der Waals surface area contributed by atoms with Crippen LogP contribution in [0.2, 0.25) is 0 Å². The van der Waals surface area contributed by atoms with E-state index in [1.54, 1.807) is 31.4 Å². The van der Waals surface area contributed by atoms with Crippen LogP contribution in [0.5, 0.6) is 5.75 Å². The van der Waals surface area contributed by atoms with Gasteiger partial charge in [0.15, 0.2) is 5.16 Å². The number of carbonyl (C=O) groups excluding carboxylic acids is 2. The van der Waals surface area contributed by atoms with E-state index < -0.39 is 5.97 Å². The first-order valence-corrected chi connectivity index (χ1v) is 8.72. The highest BCUT2D eigenvalue weighted by Gasteiger charge is 2.09. The van der Waals surface area contributed by atoms with E-state index in [0.29, 0.717) is 16.4 Å². The van der Waals surface area contributed by atoms with Crippen LogP contribution in [-0.2, 0) is 9.53 Å². The number of hydrogen-bond donors (Lipinski definition) is 2. The lowest BCUT2D eigenvalue weighted by atomic mass is 10.2. The van der Waals surface area contributed by atoms with E-state index in [1.165, 1.54) is 18.9 Å². The number of carbonyl (C=O) groups is 2. The van der Waals surface area contributed by atoms with Gasteiger partial charge in [0.1, 0.15) is 5.75 Å². The molecule has 0 bridgehead atoms. The van der Waals surface area contributed by atoms with Crippen LogP contribution in [0.1, 0.15) is 10.4 Å². The van der Waals surface area contributed by atoms with Crippen molar-refractivity contribution in [2.24, 2.45) is 0 Å². The van der Waals surface area contributed by atoms with E-state index in [0.717, 1.165) is 16.8 Å². The van der Waals surface area contributed by atoms with Crippen LogP contribution in [0.3, 0.4) is 0 Å². The van der Waals surface area contributed by atoms with E-state index in [2.05, 4.69) is 20.0 Å². The third-order valence-electron chi connectivity index (χ3n) is 3.60. The van der Waals surface area contributed by atoms with Gasteiger partial charge >= 0.3 is 5.97 Å². The van der Waals surface area contributed by atoms with Gasteiger partial charge in [0.25, 0.3) is 0 Å². The maximum absolute atomic E-state index is 12.1. The summed E-state index contributed by atoms with van der Waals surface area (Å²) >= 11 is 1.31. The third-order valence-corrected chi connectivity index (χ3v) is 4.47. The minimum atomic E-state index is -0.417. The number of aromatic nitrogens is 2. The number of anilines is 1. The number of ether oxygens (including phenoxy) is 2. The van der Waals surface area contributed by atoms with Crippen molar-refractivity contribution >= 4 is 40.4 Å². The van der Waals surface area contributed by atoms with Gasteiger partial charge in [-0.05, 0) is 36.4 Å². The fraction of sp³-hybridized carbons (Fsp3) is 0.167. The maximum atomic E-state index is 12.1. The maximum Gasteiger partial charge on any atom is 0.337 e. The highest BCUT2D eigenvalue weighted by molar-refractivity contribution is 7.99. The summed E-state index contributed by atoms with van der Waals surface area (Å²) in [5.74, 6) is 0.350. The van der Waals surface area contributed by atoms with Crippen LogP contribution >= 0.6 is 11.8 Å². The second-order valence-corrected chi connectivity index (χ2v) is 6.29. The molecule has 0 radical (unpaired) electrons. The number of rotatable bonds is 6. The van der Waals surface area contributed by atoms with Crippen molar-refractivity contribution in [3.63, 3.8) is 0 Å². The molecule has 0 saturated carbocycles. The van der Waals surface area contributed by atoms with Gasteiger partial charge in [-0.1, -0.05) is 11.8 Å². The van der Waals surface area contributed by atoms with E-state index in [9.17, 15) is 9.59 Å². The number of thioether (sulfide) groups is 1. The quantitative estimate of drug-likeness (QED) is 0.511. The fourth-order valence-electron chi connectivity index (χ4n) is 2.30.